The number of aromatic nitrogens is 2. The molecule has 0 radical (unpaired) electrons. The van der Waals surface area contributed by atoms with Gasteiger partial charge in [0.25, 0.3) is 0 Å². The van der Waals surface area contributed by atoms with Crippen molar-refractivity contribution in [2.75, 3.05) is 30.4 Å². The number of hydrogen-bond acceptors (Lipinski definition) is 5. The fraction of sp³-hybridized carbons (Fsp3) is 0.583. The molecular formula is C12H18N4O2. The Balaban J connectivity index is 2.28. The first kappa shape index (κ1) is 12.6. The molecular weight excluding hydrogens is 232 g/mol. The van der Waals surface area contributed by atoms with Crippen LogP contribution in [0.25, 0.3) is 0 Å². The van der Waals surface area contributed by atoms with Gasteiger partial charge in [0.05, 0.1) is 0 Å². The minimum Gasteiger partial charge on any atom is -0.480 e. The van der Waals surface area contributed by atoms with Crippen molar-refractivity contribution in [2.24, 2.45) is 0 Å². The molecule has 1 N–H and O–H groups in total. The molecule has 98 valence electrons. The van der Waals surface area contributed by atoms with Crippen molar-refractivity contribution in [1.82, 2.24) is 9.97 Å². The highest BCUT2D eigenvalue weighted by atomic mass is 16.4. The molecule has 1 aromatic rings. The van der Waals surface area contributed by atoms with Crippen LogP contribution in [0.4, 0.5) is 11.8 Å². The average molecular weight is 250 g/mol. The molecule has 1 atom stereocenters. The summed E-state index contributed by atoms with van der Waals surface area (Å²) >= 11 is 0. The molecule has 6 heteroatoms. The van der Waals surface area contributed by atoms with Crippen LogP contribution in [0.5, 0.6) is 0 Å². The van der Waals surface area contributed by atoms with Gasteiger partial charge >= 0.3 is 5.97 Å². The van der Waals surface area contributed by atoms with Crippen molar-refractivity contribution in [3.05, 3.63) is 12.3 Å². The van der Waals surface area contributed by atoms with Crippen LogP contribution in [0.15, 0.2) is 12.3 Å². The molecule has 1 fully saturated rings. The van der Waals surface area contributed by atoms with Crippen LogP contribution in [-0.2, 0) is 4.79 Å². The van der Waals surface area contributed by atoms with Crippen LogP contribution in [0.2, 0.25) is 0 Å². The normalized spacial score (nSPS) is 19.7. The summed E-state index contributed by atoms with van der Waals surface area (Å²) in [5.74, 6) is 0.516. The Morgan fingerprint density at radius 3 is 2.94 bits per heavy atom. The van der Waals surface area contributed by atoms with Gasteiger partial charge in [-0.3, -0.25) is 0 Å². The number of rotatable bonds is 3. The summed E-state index contributed by atoms with van der Waals surface area (Å²) in [7, 11) is 3.73. The highest BCUT2D eigenvalue weighted by molar-refractivity contribution is 5.78. The number of carboxylic acids is 1. The van der Waals surface area contributed by atoms with Crippen LogP contribution < -0.4 is 9.80 Å². The lowest BCUT2D eigenvalue weighted by atomic mass is 10.0. The molecule has 0 saturated carbocycles. The second-order valence-corrected chi connectivity index (χ2v) is 4.65. The quantitative estimate of drug-likeness (QED) is 0.862. The van der Waals surface area contributed by atoms with Crippen LogP contribution >= 0.6 is 0 Å². The van der Waals surface area contributed by atoms with Gasteiger partial charge in [0.15, 0.2) is 0 Å². The molecule has 18 heavy (non-hydrogen) atoms. The SMILES string of the molecule is CN(C)c1nccc(N2CCCCC2C(=O)O)n1. The zero-order chi connectivity index (χ0) is 13.1. The van der Waals surface area contributed by atoms with Gasteiger partial charge in [0, 0.05) is 26.8 Å². The molecule has 1 saturated heterocycles. The number of aliphatic carboxylic acids is 1. The number of anilines is 2. The maximum Gasteiger partial charge on any atom is 0.326 e. The summed E-state index contributed by atoms with van der Waals surface area (Å²) in [6.45, 7) is 0.737. The van der Waals surface area contributed by atoms with Gasteiger partial charge in [-0.2, -0.15) is 4.98 Å². The fourth-order valence-corrected chi connectivity index (χ4v) is 2.18. The molecule has 0 spiro atoms. The van der Waals surface area contributed by atoms with Gasteiger partial charge in [-0.15, -0.1) is 0 Å². The van der Waals surface area contributed by atoms with E-state index in [0.717, 1.165) is 19.4 Å². The van der Waals surface area contributed by atoms with E-state index in [1.54, 1.807) is 12.3 Å². The van der Waals surface area contributed by atoms with Crippen LogP contribution in [0.1, 0.15) is 19.3 Å². The molecule has 1 unspecified atom stereocenters. The van der Waals surface area contributed by atoms with E-state index in [-0.39, 0.29) is 0 Å². The van der Waals surface area contributed by atoms with Crippen molar-refractivity contribution >= 4 is 17.7 Å². The molecule has 0 amide bonds. The zero-order valence-corrected chi connectivity index (χ0v) is 10.7. The minimum absolute atomic E-state index is 0.469. The smallest absolute Gasteiger partial charge is 0.326 e. The third kappa shape index (κ3) is 2.52. The second-order valence-electron chi connectivity index (χ2n) is 4.65. The Hall–Kier alpha value is -1.85. The predicted molar refractivity (Wildman–Crippen MR) is 69.0 cm³/mol. The Kier molecular flexibility index (Phi) is 3.64. The molecule has 2 heterocycles. The van der Waals surface area contributed by atoms with Crippen LogP contribution in [0.3, 0.4) is 0 Å². The third-order valence-electron chi connectivity index (χ3n) is 3.11. The number of hydrogen-bond donors (Lipinski definition) is 1. The first-order chi connectivity index (χ1) is 8.59. The molecule has 0 aromatic carbocycles. The van der Waals surface area contributed by atoms with Crippen molar-refractivity contribution in [3.8, 4) is 0 Å². The average Bonchev–Trinajstić information content (AvgIpc) is 2.39. The van der Waals surface area contributed by atoms with Gasteiger partial charge in [-0.05, 0) is 25.3 Å². The third-order valence-corrected chi connectivity index (χ3v) is 3.11. The molecule has 0 aliphatic carbocycles. The maximum atomic E-state index is 11.3. The van der Waals surface area contributed by atoms with E-state index in [9.17, 15) is 9.90 Å². The maximum absolute atomic E-state index is 11.3. The number of piperidine rings is 1. The number of carbonyl (C=O) groups is 1. The van der Waals surface area contributed by atoms with E-state index in [2.05, 4.69) is 9.97 Å². The fourth-order valence-electron chi connectivity index (χ4n) is 2.18. The predicted octanol–water partition coefficient (Wildman–Crippen LogP) is 0.986. The first-order valence-corrected chi connectivity index (χ1v) is 6.09. The van der Waals surface area contributed by atoms with Gasteiger partial charge < -0.3 is 14.9 Å². The standard InChI is InChI=1S/C12H18N4O2/c1-15(2)12-13-7-6-10(14-12)16-8-4-3-5-9(16)11(17)18/h6-7,9H,3-5,8H2,1-2H3,(H,17,18). The Bertz CT molecular complexity index is 436. The zero-order valence-electron chi connectivity index (χ0n) is 10.7. The molecule has 2 rings (SSSR count). The van der Waals surface area contributed by atoms with E-state index >= 15 is 0 Å². The molecule has 0 bridgehead atoms. The Morgan fingerprint density at radius 1 is 1.50 bits per heavy atom. The summed E-state index contributed by atoms with van der Waals surface area (Å²) in [6, 6.07) is 1.30. The molecule has 6 nitrogen and oxygen atoms in total. The van der Waals surface area contributed by atoms with Crippen LogP contribution in [-0.4, -0.2) is 47.7 Å². The number of nitrogens with zero attached hydrogens (tertiary/aromatic N) is 4. The summed E-state index contributed by atoms with van der Waals surface area (Å²) in [5.41, 5.74) is 0. The minimum atomic E-state index is -0.778. The van der Waals surface area contributed by atoms with Gasteiger partial charge in [0.2, 0.25) is 5.95 Å². The van der Waals surface area contributed by atoms with E-state index in [1.807, 2.05) is 23.9 Å². The van der Waals surface area contributed by atoms with E-state index in [4.69, 9.17) is 0 Å². The lowest BCUT2D eigenvalue weighted by Crippen LogP contribution is -2.45. The van der Waals surface area contributed by atoms with Crippen LogP contribution in [0, 0.1) is 0 Å². The summed E-state index contributed by atoms with van der Waals surface area (Å²) < 4.78 is 0. The van der Waals surface area contributed by atoms with Gasteiger partial charge in [-0.25, -0.2) is 9.78 Å². The Labute approximate surface area is 106 Å². The van der Waals surface area contributed by atoms with Crippen molar-refractivity contribution in [3.63, 3.8) is 0 Å². The highest BCUT2D eigenvalue weighted by Crippen LogP contribution is 2.24. The highest BCUT2D eigenvalue weighted by Gasteiger charge is 2.29. The molecule has 1 aliphatic heterocycles. The molecule has 1 aliphatic rings. The summed E-state index contributed by atoms with van der Waals surface area (Å²) in [4.78, 5) is 23.5. The topological polar surface area (TPSA) is 69.6 Å². The van der Waals surface area contributed by atoms with E-state index in [0.29, 0.717) is 18.2 Å². The van der Waals surface area contributed by atoms with Gasteiger partial charge in [0.1, 0.15) is 11.9 Å². The number of carboxylic acid groups (broad SMARTS) is 1. The Morgan fingerprint density at radius 2 is 2.28 bits per heavy atom. The monoisotopic (exact) mass is 250 g/mol. The summed E-state index contributed by atoms with van der Waals surface area (Å²) in [5, 5.41) is 9.25. The lowest BCUT2D eigenvalue weighted by Gasteiger charge is -2.34. The van der Waals surface area contributed by atoms with Crippen molar-refractivity contribution in [2.45, 2.75) is 25.3 Å². The lowest BCUT2D eigenvalue weighted by molar-refractivity contribution is -0.139. The largest absolute Gasteiger partial charge is 0.480 e. The van der Waals surface area contributed by atoms with Gasteiger partial charge in [-0.1, -0.05) is 0 Å². The van der Waals surface area contributed by atoms with E-state index < -0.39 is 12.0 Å². The van der Waals surface area contributed by atoms with Crippen molar-refractivity contribution < 1.29 is 9.90 Å². The summed E-state index contributed by atoms with van der Waals surface area (Å²) in [6.07, 6.45) is 4.31. The van der Waals surface area contributed by atoms with E-state index in [1.165, 1.54) is 0 Å². The first-order valence-electron chi connectivity index (χ1n) is 6.09. The van der Waals surface area contributed by atoms with Crippen molar-refractivity contribution in [1.29, 1.82) is 0 Å². The molecule has 1 aromatic heterocycles. The second kappa shape index (κ2) is 5.20.